The van der Waals surface area contributed by atoms with Gasteiger partial charge in [-0.15, -0.1) is 0 Å². The molecule has 1 aromatic heterocycles. The molecule has 0 bridgehead atoms. The summed E-state index contributed by atoms with van der Waals surface area (Å²) in [6, 6.07) is 17.9. The van der Waals surface area contributed by atoms with Gasteiger partial charge in [0.1, 0.15) is 11.5 Å². The second kappa shape index (κ2) is 11.2. The van der Waals surface area contributed by atoms with E-state index in [0.29, 0.717) is 31.9 Å². The van der Waals surface area contributed by atoms with E-state index < -0.39 is 0 Å². The van der Waals surface area contributed by atoms with Gasteiger partial charge in [0.15, 0.2) is 17.4 Å². The van der Waals surface area contributed by atoms with Crippen molar-refractivity contribution >= 4 is 63.5 Å². The summed E-state index contributed by atoms with van der Waals surface area (Å²) < 4.78 is 3.37. The Balaban J connectivity index is 1.52. The zero-order chi connectivity index (χ0) is 24.8. The van der Waals surface area contributed by atoms with Crippen LogP contribution in [-0.4, -0.2) is 58.7 Å². The number of nitrogens with two attached hydrogens (primary N) is 1. The minimum absolute atomic E-state index is 0.0636. The molecule has 3 aromatic rings. The Labute approximate surface area is 217 Å². The van der Waals surface area contributed by atoms with Crippen molar-refractivity contribution in [3.63, 3.8) is 0 Å². The van der Waals surface area contributed by atoms with E-state index in [9.17, 15) is 9.90 Å². The van der Waals surface area contributed by atoms with Crippen molar-refractivity contribution in [1.82, 2.24) is 14.6 Å². The third-order valence-electron chi connectivity index (χ3n) is 5.46. The first-order valence-electron chi connectivity index (χ1n) is 10.8. The molecule has 4 rings (SSSR count). The fourth-order valence-electron chi connectivity index (χ4n) is 3.63. The number of rotatable bonds is 4. The van der Waals surface area contributed by atoms with Gasteiger partial charge in [0.2, 0.25) is 0 Å². The molecule has 1 fully saturated rings. The van der Waals surface area contributed by atoms with Gasteiger partial charge < -0.3 is 25.4 Å². The number of phenolic OH excluding ortho intramolecular Hbond substituents is 1. The Hall–Kier alpha value is -3.57. The molecule has 1 amide bonds. The molecule has 0 atom stereocenters. The number of hydrogen-bond acceptors (Lipinski definition) is 7. The van der Waals surface area contributed by atoms with E-state index in [1.165, 1.54) is 0 Å². The molecular weight excluding hydrogens is 530 g/mol. The predicted octanol–water partition coefficient (Wildman–Crippen LogP) is 3.67. The van der Waals surface area contributed by atoms with Gasteiger partial charge in [-0.05, 0) is 52.3 Å². The van der Waals surface area contributed by atoms with E-state index in [0.717, 1.165) is 10.3 Å². The first-order valence-corrected chi connectivity index (χ1v) is 12.1. The van der Waals surface area contributed by atoms with Crippen LogP contribution in [0, 0.1) is 0 Å². The van der Waals surface area contributed by atoms with Gasteiger partial charge in [-0.2, -0.15) is 0 Å². The number of hydrogen-bond donors (Lipinski definition) is 4. The number of aromatic hydroxyl groups is 1. The van der Waals surface area contributed by atoms with Crippen molar-refractivity contribution in [3.05, 3.63) is 76.9 Å². The SMILES string of the molecule is NC(=Nc1ccccc1Br)C(=Nc1cccc(C(=O)N2CCN(c3ccccn3)CC2)c1O)NS. The van der Waals surface area contributed by atoms with Crippen molar-refractivity contribution in [2.24, 2.45) is 15.7 Å². The van der Waals surface area contributed by atoms with Gasteiger partial charge in [-0.1, -0.05) is 37.1 Å². The molecule has 2 heterocycles. The summed E-state index contributed by atoms with van der Waals surface area (Å²) in [5.41, 5.74) is 7.07. The number of carbonyl (C=O) groups excluding carboxylic acids is 1. The van der Waals surface area contributed by atoms with E-state index in [1.54, 1.807) is 35.4 Å². The van der Waals surface area contributed by atoms with Crippen molar-refractivity contribution in [1.29, 1.82) is 0 Å². The predicted molar refractivity (Wildman–Crippen MR) is 145 cm³/mol. The smallest absolute Gasteiger partial charge is 0.257 e. The summed E-state index contributed by atoms with van der Waals surface area (Å²) in [6.07, 6.45) is 1.75. The summed E-state index contributed by atoms with van der Waals surface area (Å²) >= 11 is 7.50. The number of piperazine rings is 1. The maximum Gasteiger partial charge on any atom is 0.257 e. The molecule has 1 aliphatic heterocycles. The number of carbonyl (C=O) groups is 1. The first-order chi connectivity index (χ1) is 17.0. The van der Waals surface area contributed by atoms with Gasteiger partial charge in [-0.3, -0.25) is 4.79 Å². The summed E-state index contributed by atoms with van der Waals surface area (Å²) in [7, 11) is 0. The molecule has 0 unspecified atom stereocenters. The molecule has 0 radical (unpaired) electrons. The number of amides is 1. The highest BCUT2D eigenvalue weighted by molar-refractivity contribution is 9.10. The van der Waals surface area contributed by atoms with Crippen molar-refractivity contribution < 1.29 is 9.90 Å². The molecule has 0 spiro atoms. The average molecular weight is 554 g/mol. The lowest BCUT2D eigenvalue weighted by Crippen LogP contribution is -2.49. The van der Waals surface area contributed by atoms with Crippen LogP contribution in [0.25, 0.3) is 0 Å². The fraction of sp³-hybridized carbons (Fsp3) is 0.167. The maximum atomic E-state index is 13.2. The number of amidine groups is 2. The van der Waals surface area contributed by atoms with Crippen LogP contribution in [0.3, 0.4) is 0 Å². The third kappa shape index (κ3) is 5.75. The lowest BCUT2D eigenvalue weighted by molar-refractivity contribution is 0.0743. The molecule has 2 aromatic carbocycles. The number of phenols is 1. The van der Waals surface area contributed by atoms with Crippen molar-refractivity contribution in [3.8, 4) is 5.75 Å². The molecule has 35 heavy (non-hydrogen) atoms. The van der Waals surface area contributed by atoms with Crippen LogP contribution in [0.2, 0.25) is 0 Å². The van der Waals surface area contributed by atoms with Crippen molar-refractivity contribution in [2.75, 3.05) is 31.1 Å². The van der Waals surface area contributed by atoms with E-state index in [4.69, 9.17) is 5.73 Å². The highest BCUT2D eigenvalue weighted by atomic mass is 79.9. The zero-order valence-corrected chi connectivity index (χ0v) is 21.2. The van der Waals surface area contributed by atoms with Gasteiger partial charge >= 0.3 is 0 Å². The minimum atomic E-state index is -0.268. The van der Waals surface area contributed by atoms with Crippen LogP contribution in [0.1, 0.15) is 10.4 Å². The van der Waals surface area contributed by atoms with E-state index in [1.807, 2.05) is 36.4 Å². The van der Waals surface area contributed by atoms with Crippen LogP contribution in [0.15, 0.2) is 81.3 Å². The number of thiol groups is 1. The molecule has 9 nitrogen and oxygen atoms in total. The third-order valence-corrected chi connectivity index (χ3v) is 6.34. The summed E-state index contributed by atoms with van der Waals surface area (Å²) in [4.78, 5) is 30.1. The second-order valence-corrected chi connectivity index (χ2v) is 8.74. The molecule has 11 heteroatoms. The molecular formula is C24H24BrN7O2S. The highest BCUT2D eigenvalue weighted by Gasteiger charge is 2.25. The van der Waals surface area contributed by atoms with Gasteiger partial charge in [0.05, 0.1) is 11.3 Å². The van der Waals surface area contributed by atoms with Gasteiger partial charge in [-0.25, -0.2) is 15.0 Å². The van der Waals surface area contributed by atoms with Crippen LogP contribution < -0.4 is 15.4 Å². The summed E-state index contributed by atoms with van der Waals surface area (Å²) in [5.74, 6) is 0.573. The number of aromatic nitrogens is 1. The quantitative estimate of drug-likeness (QED) is 0.222. The van der Waals surface area contributed by atoms with Crippen LogP contribution in [0.5, 0.6) is 5.75 Å². The molecule has 0 saturated carbocycles. The fourth-order valence-corrected chi connectivity index (χ4v) is 4.17. The molecule has 1 saturated heterocycles. The van der Waals surface area contributed by atoms with E-state index in [2.05, 4.69) is 53.3 Å². The monoisotopic (exact) mass is 553 g/mol. The Kier molecular flexibility index (Phi) is 7.88. The number of para-hydroxylation sites is 2. The van der Waals surface area contributed by atoms with Gasteiger partial charge in [0, 0.05) is 36.8 Å². The topological polar surface area (TPSA) is 119 Å². The lowest BCUT2D eigenvalue weighted by Gasteiger charge is -2.35. The highest BCUT2D eigenvalue weighted by Crippen LogP contribution is 2.32. The normalized spacial score (nSPS) is 14.7. The minimum Gasteiger partial charge on any atom is -0.505 e. The Morgan fingerprint density at radius 1 is 1.00 bits per heavy atom. The Bertz CT molecular complexity index is 1260. The van der Waals surface area contributed by atoms with E-state index in [-0.39, 0.29) is 34.6 Å². The Morgan fingerprint density at radius 3 is 2.40 bits per heavy atom. The van der Waals surface area contributed by atoms with Crippen molar-refractivity contribution in [2.45, 2.75) is 0 Å². The molecule has 4 N–H and O–H groups in total. The van der Waals surface area contributed by atoms with Crippen LogP contribution in [0.4, 0.5) is 17.2 Å². The molecule has 180 valence electrons. The number of benzene rings is 2. The largest absolute Gasteiger partial charge is 0.505 e. The maximum absolute atomic E-state index is 13.2. The first kappa shape index (κ1) is 24.6. The Morgan fingerprint density at radius 2 is 1.71 bits per heavy atom. The van der Waals surface area contributed by atoms with E-state index >= 15 is 0 Å². The van der Waals surface area contributed by atoms with Gasteiger partial charge in [0.25, 0.3) is 5.91 Å². The lowest BCUT2D eigenvalue weighted by atomic mass is 10.1. The molecule has 1 aliphatic rings. The summed E-state index contributed by atoms with van der Waals surface area (Å²) in [6.45, 7) is 2.32. The summed E-state index contributed by atoms with van der Waals surface area (Å²) in [5, 5.41) is 10.9. The number of nitrogens with one attached hydrogen (secondary N) is 1. The second-order valence-electron chi connectivity index (χ2n) is 7.66. The van der Waals surface area contributed by atoms with Crippen LogP contribution >= 0.6 is 28.7 Å². The number of anilines is 1. The molecule has 0 aliphatic carbocycles. The standard InChI is InChI=1S/C24H24BrN7O2S/c25-17-7-1-2-8-18(17)28-22(26)23(30-35)29-19-9-5-6-16(21(19)33)24(34)32-14-12-31(13-15-32)20-10-3-4-11-27-20/h1-11,33,35H,12-15H2,(H2,26,28)(H,29,30). The average Bonchev–Trinajstić information content (AvgIpc) is 2.89. The number of aliphatic imine (C=N–C) groups is 2. The zero-order valence-electron chi connectivity index (χ0n) is 18.7. The number of nitrogens with zero attached hydrogens (tertiary/aromatic N) is 5. The number of halogens is 1. The number of pyridine rings is 1. The van der Waals surface area contributed by atoms with Crippen LogP contribution in [-0.2, 0) is 0 Å².